The molecule has 0 saturated carbocycles. The summed E-state index contributed by atoms with van der Waals surface area (Å²) < 4.78 is 1.29. The summed E-state index contributed by atoms with van der Waals surface area (Å²) in [6.45, 7) is 7.75. The van der Waals surface area contributed by atoms with E-state index in [-0.39, 0.29) is 5.75 Å². The highest BCUT2D eigenvalue weighted by Gasteiger charge is 2.15. The molecule has 1 fully saturated rings. The molecule has 3 rings (SSSR count). The van der Waals surface area contributed by atoms with E-state index in [0.717, 1.165) is 44.0 Å². The van der Waals surface area contributed by atoms with Gasteiger partial charge in [-0.2, -0.15) is 0 Å². The van der Waals surface area contributed by atoms with Gasteiger partial charge in [0.05, 0.1) is 14.6 Å². The second-order valence-electron chi connectivity index (χ2n) is 6.03. The molecule has 1 N–H and O–H groups in total. The summed E-state index contributed by atoms with van der Waals surface area (Å²) in [5, 5.41) is 9.76. The lowest BCUT2D eigenvalue weighted by molar-refractivity contribution is 0.271. The maximum Gasteiger partial charge on any atom is 0.143 e. The number of nitrogens with zero attached hydrogens (tertiary/aromatic N) is 3. The minimum atomic E-state index is 0.199. The highest BCUT2D eigenvalue weighted by molar-refractivity contribution is 9.11. The molecule has 0 spiro atoms. The molecular formula is C19H21Br2N3O. The summed E-state index contributed by atoms with van der Waals surface area (Å²) >= 11 is 6.67. The fraction of sp³-hybridized carbons (Fsp3) is 0.316. The molecule has 6 heteroatoms. The zero-order chi connectivity index (χ0) is 17.8. The second kappa shape index (κ2) is 8.34. The van der Waals surface area contributed by atoms with Gasteiger partial charge >= 0.3 is 0 Å². The van der Waals surface area contributed by atoms with Gasteiger partial charge in [0.1, 0.15) is 5.75 Å². The lowest BCUT2D eigenvalue weighted by Gasteiger charge is -2.35. The molecule has 1 saturated heterocycles. The summed E-state index contributed by atoms with van der Waals surface area (Å²) in [6.07, 6.45) is 1.80. The monoisotopic (exact) mass is 465 g/mol. The summed E-state index contributed by atoms with van der Waals surface area (Å²) in [5.74, 6) is 0.199. The topological polar surface area (TPSA) is 39.1 Å². The molecule has 0 aromatic heterocycles. The van der Waals surface area contributed by atoms with Crippen molar-refractivity contribution in [2.75, 3.05) is 37.6 Å². The Kier molecular flexibility index (Phi) is 6.15. The molecule has 4 nitrogen and oxygen atoms in total. The molecule has 2 aromatic rings. The zero-order valence-electron chi connectivity index (χ0n) is 14.1. The van der Waals surface area contributed by atoms with Gasteiger partial charge in [-0.15, -0.1) is 0 Å². The third-order valence-electron chi connectivity index (χ3n) is 4.44. The van der Waals surface area contributed by atoms with Crippen LogP contribution in [0.1, 0.15) is 12.5 Å². The highest BCUT2D eigenvalue weighted by Crippen LogP contribution is 2.33. The van der Waals surface area contributed by atoms with Gasteiger partial charge in [0.2, 0.25) is 0 Å². The molecular weight excluding hydrogens is 446 g/mol. The van der Waals surface area contributed by atoms with Crippen LogP contribution in [-0.2, 0) is 0 Å². The summed E-state index contributed by atoms with van der Waals surface area (Å²) in [6, 6.07) is 12.0. The first-order chi connectivity index (χ1) is 12.1. The first kappa shape index (κ1) is 18.4. The van der Waals surface area contributed by atoms with Gasteiger partial charge in [-0.1, -0.05) is 6.92 Å². The number of rotatable bonds is 4. The first-order valence-corrected chi connectivity index (χ1v) is 9.95. The van der Waals surface area contributed by atoms with Crippen LogP contribution in [0.4, 0.5) is 11.4 Å². The Morgan fingerprint density at radius 2 is 1.64 bits per heavy atom. The van der Waals surface area contributed by atoms with Crippen molar-refractivity contribution in [3.05, 3.63) is 50.9 Å². The molecule has 0 bridgehead atoms. The van der Waals surface area contributed by atoms with E-state index < -0.39 is 0 Å². The number of phenolic OH excluding ortho intramolecular Hbond substituents is 1. The summed E-state index contributed by atoms with van der Waals surface area (Å²) in [4.78, 5) is 9.42. The maximum atomic E-state index is 9.76. The van der Waals surface area contributed by atoms with E-state index in [2.05, 4.69) is 65.7 Å². The SMILES string of the molecule is CCN1CCN(c2ccc(N=Cc3cc(Br)c(O)c(Br)c3)cc2)CC1. The van der Waals surface area contributed by atoms with Crippen molar-refractivity contribution < 1.29 is 5.11 Å². The molecule has 132 valence electrons. The number of hydrogen-bond donors (Lipinski definition) is 1. The zero-order valence-corrected chi connectivity index (χ0v) is 17.3. The molecule has 0 atom stereocenters. The van der Waals surface area contributed by atoms with Gasteiger partial charge in [0.15, 0.2) is 0 Å². The van der Waals surface area contributed by atoms with Crippen LogP contribution in [0.3, 0.4) is 0 Å². The van der Waals surface area contributed by atoms with E-state index in [1.165, 1.54) is 5.69 Å². The molecule has 0 amide bonds. The average Bonchev–Trinajstić information content (AvgIpc) is 2.65. The van der Waals surface area contributed by atoms with Gasteiger partial charge in [-0.3, -0.25) is 4.99 Å². The van der Waals surface area contributed by atoms with Crippen molar-refractivity contribution in [1.82, 2.24) is 4.90 Å². The van der Waals surface area contributed by atoms with Crippen molar-refractivity contribution in [2.45, 2.75) is 6.92 Å². The quantitative estimate of drug-likeness (QED) is 0.657. The third kappa shape index (κ3) is 4.63. The standard InChI is InChI=1S/C19H21Br2N3O/c1-2-23-7-9-24(10-8-23)16-5-3-15(4-6-16)22-13-14-11-17(20)19(25)18(21)12-14/h3-6,11-13,25H,2,7-10H2,1H3. The number of aromatic hydroxyl groups is 1. The number of benzene rings is 2. The van der Waals surface area contributed by atoms with Crippen molar-refractivity contribution >= 4 is 49.4 Å². The molecule has 25 heavy (non-hydrogen) atoms. The van der Waals surface area contributed by atoms with Crippen molar-refractivity contribution in [3.8, 4) is 5.75 Å². The lowest BCUT2D eigenvalue weighted by atomic mass is 10.2. The Morgan fingerprint density at radius 1 is 1.04 bits per heavy atom. The first-order valence-electron chi connectivity index (χ1n) is 8.36. The Bertz CT molecular complexity index is 731. The number of likely N-dealkylation sites (N-methyl/N-ethyl adjacent to an activating group) is 1. The van der Waals surface area contributed by atoms with Crippen molar-refractivity contribution in [2.24, 2.45) is 4.99 Å². The van der Waals surface area contributed by atoms with E-state index in [1.54, 1.807) is 6.21 Å². The predicted octanol–water partition coefficient (Wildman–Crippen LogP) is 4.81. The predicted molar refractivity (Wildman–Crippen MR) is 112 cm³/mol. The van der Waals surface area contributed by atoms with Crippen molar-refractivity contribution in [1.29, 1.82) is 0 Å². The molecule has 1 aliphatic heterocycles. The molecule has 0 radical (unpaired) electrons. The lowest BCUT2D eigenvalue weighted by Crippen LogP contribution is -2.46. The number of aliphatic imine (C=N–C) groups is 1. The van der Waals surface area contributed by atoms with Gasteiger partial charge in [0.25, 0.3) is 0 Å². The van der Waals surface area contributed by atoms with E-state index in [0.29, 0.717) is 8.95 Å². The van der Waals surface area contributed by atoms with Gasteiger partial charge in [-0.05, 0) is 80.4 Å². The number of phenols is 1. The van der Waals surface area contributed by atoms with Gasteiger partial charge in [0, 0.05) is 38.1 Å². The molecule has 1 heterocycles. The van der Waals surface area contributed by atoms with Crippen molar-refractivity contribution in [3.63, 3.8) is 0 Å². The fourth-order valence-electron chi connectivity index (χ4n) is 2.88. The van der Waals surface area contributed by atoms with E-state index >= 15 is 0 Å². The Morgan fingerprint density at radius 3 is 2.20 bits per heavy atom. The molecule has 1 aliphatic rings. The summed E-state index contributed by atoms with van der Waals surface area (Å²) in [5.41, 5.74) is 3.08. The highest BCUT2D eigenvalue weighted by atomic mass is 79.9. The Balaban J connectivity index is 1.67. The molecule has 2 aromatic carbocycles. The number of halogens is 2. The Labute approximate surface area is 165 Å². The van der Waals surface area contributed by atoms with Gasteiger partial charge < -0.3 is 14.9 Å². The van der Waals surface area contributed by atoms with E-state index in [1.807, 2.05) is 24.3 Å². The summed E-state index contributed by atoms with van der Waals surface area (Å²) in [7, 11) is 0. The number of anilines is 1. The minimum absolute atomic E-state index is 0.199. The van der Waals surface area contributed by atoms with Crippen LogP contribution in [0.2, 0.25) is 0 Å². The molecule has 0 unspecified atom stereocenters. The average molecular weight is 467 g/mol. The fourth-order valence-corrected chi connectivity index (χ4v) is 4.10. The third-order valence-corrected chi connectivity index (χ3v) is 5.65. The van der Waals surface area contributed by atoms with Crippen LogP contribution in [0, 0.1) is 0 Å². The van der Waals surface area contributed by atoms with Crippen LogP contribution in [0.25, 0.3) is 0 Å². The molecule has 0 aliphatic carbocycles. The van der Waals surface area contributed by atoms with Crippen LogP contribution < -0.4 is 4.90 Å². The Hall–Kier alpha value is -1.37. The van der Waals surface area contributed by atoms with Gasteiger partial charge in [-0.25, -0.2) is 0 Å². The second-order valence-corrected chi connectivity index (χ2v) is 7.74. The number of hydrogen-bond acceptors (Lipinski definition) is 4. The van der Waals surface area contributed by atoms with Crippen LogP contribution in [0.5, 0.6) is 5.75 Å². The van der Waals surface area contributed by atoms with Crippen LogP contribution in [-0.4, -0.2) is 48.9 Å². The number of piperazine rings is 1. The normalized spacial score (nSPS) is 15.9. The van der Waals surface area contributed by atoms with Crippen LogP contribution in [0.15, 0.2) is 50.3 Å². The van der Waals surface area contributed by atoms with Crippen LogP contribution >= 0.6 is 31.9 Å². The van der Waals surface area contributed by atoms with E-state index in [4.69, 9.17) is 0 Å². The minimum Gasteiger partial charge on any atom is -0.506 e. The smallest absolute Gasteiger partial charge is 0.143 e. The largest absolute Gasteiger partial charge is 0.506 e. The van der Waals surface area contributed by atoms with E-state index in [9.17, 15) is 5.11 Å². The maximum absolute atomic E-state index is 9.76.